The first-order valence-corrected chi connectivity index (χ1v) is 34.4. The van der Waals surface area contributed by atoms with Crippen LogP contribution in [0.5, 0.6) is 0 Å². The van der Waals surface area contributed by atoms with Crippen molar-refractivity contribution in [2.45, 2.75) is 378 Å². The molecule has 0 aromatic rings. The Labute approximate surface area is 474 Å². The summed E-state index contributed by atoms with van der Waals surface area (Å²) in [7, 11) is -5.09. The molecule has 77 heavy (non-hydrogen) atoms. The van der Waals surface area contributed by atoms with Gasteiger partial charge in [-0.15, -0.1) is 0 Å². The summed E-state index contributed by atoms with van der Waals surface area (Å²) in [5.74, 6) is -0.253. The maximum Gasteiger partial charge on any atom is 0.397 e. The van der Waals surface area contributed by atoms with Gasteiger partial charge in [0.1, 0.15) is 24.4 Å². The molecule has 1 amide bonds. The number of unbranched alkanes of at least 4 members (excludes halogenated alkanes) is 47. The van der Waals surface area contributed by atoms with Crippen LogP contribution in [-0.2, 0) is 28.9 Å². The standard InChI is InChI=1S/C64H125NO11S/c1-3-5-7-9-11-13-15-17-19-21-23-25-27-29-31-33-35-37-39-41-43-45-47-49-51-53-58(67)57(56-74-64-62(70)63(76-77(71,72)73)61(69)59(55-66)75-64)65-60(68)54-52-50-48-46-44-42-40-38-36-34-32-30-28-26-24-22-20-18-16-14-12-10-8-6-4-2/h51,53,57-59,61-64,66-67,69-70H,3-50,52,54-56H2,1-2H3,(H,65,68)(H,71,72,73)/b53-51+. The van der Waals surface area contributed by atoms with E-state index in [1.54, 1.807) is 6.08 Å². The van der Waals surface area contributed by atoms with Gasteiger partial charge in [0.05, 0.1) is 25.4 Å². The van der Waals surface area contributed by atoms with Gasteiger partial charge >= 0.3 is 10.4 Å². The smallest absolute Gasteiger partial charge is 0.394 e. The van der Waals surface area contributed by atoms with Gasteiger partial charge in [-0.1, -0.05) is 321 Å². The molecular formula is C64H125NO11S. The summed E-state index contributed by atoms with van der Waals surface area (Å²) in [6.45, 7) is 3.46. The molecule has 13 heteroatoms. The molecule has 12 nitrogen and oxygen atoms in total. The summed E-state index contributed by atoms with van der Waals surface area (Å²) in [4.78, 5) is 13.2. The molecule has 7 atom stereocenters. The van der Waals surface area contributed by atoms with Gasteiger partial charge in [-0.05, 0) is 19.3 Å². The fourth-order valence-corrected chi connectivity index (χ4v) is 11.5. The van der Waals surface area contributed by atoms with Crippen molar-refractivity contribution < 1.29 is 51.8 Å². The van der Waals surface area contributed by atoms with Crippen molar-refractivity contribution in [2.75, 3.05) is 13.2 Å². The fourth-order valence-electron chi connectivity index (χ4n) is 11.0. The Morgan fingerprint density at radius 3 is 1.13 bits per heavy atom. The van der Waals surface area contributed by atoms with Crippen LogP contribution in [0.1, 0.15) is 335 Å². The summed E-state index contributed by atoms with van der Waals surface area (Å²) in [5.41, 5.74) is 0. The number of ether oxygens (including phenoxy) is 2. The first kappa shape index (κ1) is 73.9. The number of amides is 1. The van der Waals surface area contributed by atoms with E-state index in [4.69, 9.17) is 9.47 Å². The van der Waals surface area contributed by atoms with E-state index >= 15 is 0 Å². The Kier molecular flexibility index (Phi) is 51.9. The first-order chi connectivity index (χ1) is 37.5. The Hall–Kier alpha value is -1.16. The van der Waals surface area contributed by atoms with Crippen LogP contribution in [0.4, 0.5) is 0 Å². The first-order valence-electron chi connectivity index (χ1n) is 33.1. The predicted molar refractivity (Wildman–Crippen MR) is 319 cm³/mol. The minimum Gasteiger partial charge on any atom is -0.394 e. The van der Waals surface area contributed by atoms with Crippen LogP contribution in [0.15, 0.2) is 12.2 Å². The highest BCUT2D eigenvalue weighted by molar-refractivity contribution is 7.80. The minimum absolute atomic E-state index is 0.253. The second-order valence-electron chi connectivity index (χ2n) is 23.4. The summed E-state index contributed by atoms with van der Waals surface area (Å²) in [6.07, 6.45) is 58.4. The second kappa shape index (κ2) is 54.1. The molecule has 1 heterocycles. The molecule has 0 radical (unpaired) electrons. The SMILES string of the molecule is CCCCCCCCCCCCCCCCCCCCCCCCC/C=C/C(O)C(COC1OC(CO)C(O)C(OS(=O)(=O)O)C1O)NC(=O)CCCCCCCCCCCCCCCCCCCCCCCCCCC. The molecule has 1 saturated heterocycles. The van der Waals surface area contributed by atoms with Crippen LogP contribution in [0.25, 0.3) is 0 Å². The van der Waals surface area contributed by atoms with Crippen molar-refractivity contribution >= 4 is 16.3 Å². The van der Waals surface area contributed by atoms with Gasteiger partial charge in [-0.2, -0.15) is 8.42 Å². The van der Waals surface area contributed by atoms with Gasteiger partial charge in [0, 0.05) is 6.42 Å². The zero-order valence-corrected chi connectivity index (χ0v) is 50.9. The molecule has 0 aromatic heterocycles. The van der Waals surface area contributed by atoms with Crippen LogP contribution in [0.2, 0.25) is 0 Å². The highest BCUT2D eigenvalue weighted by Crippen LogP contribution is 2.26. The molecule has 0 spiro atoms. The Balaban J connectivity index is 2.29. The zero-order chi connectivity index (χ0) is 56.1. The van der Waals surface area contributed by atoms with Gasteiger partial charge in [0.15, 0.2) is 6.29 Å². The maximum atomic E-state index is 13.2. The Bertz CT molecular complexity index is 1400. The zero-order valence-electron chi connectivity index (χ0n) is 50.1. The van der Waals surface area contributed by atoms with Crippen molar-refractivity contribution in [2.24, 2.45) is 0 Å². The summed E-state index contributed by atoms with van der Waals surface area (Å²) in [6, 6.07) is -0.941. The minimum atomic E-state index is -5.09. The van der Waals surface area contributed by atoms with E-state index in [0.29, 0.717) is 6.42 Å². The van der Waals surface area contributed by atoms with Crippen LogP contribution in [0, 0.1) is 0 Å². The fraction of sp³-hybridized carbons (Fsp3) is 0.953. The molecule has 7 unspecified atom stereocenters. The van der Waals surface area contributed by atoms with Gasteiger partial charge in [0.2, 0.25) is 5.91 Å². The lowest BCUT2D eigenvalue weighted by atomic mass is 9.99. The molecule has 0 saturated carbocycles. The summed E-state index contributed by atoms with van der Waals surface area (Å²) >= 11 is 0. The van der Waals surface area contributed by atoms with E-state index in [9.17, 15) is 38.2 Å². The third kappa shape index (κ3) is 46.1. The highest BCUT2D eigenvalue weighted by Gasteiger charge is 2.48. The monoisotopic (exact) mass is 1120 g/mol. The number of aliphatic hydroxyl groups is 4. The molecule has 6 N–H and O–H groups in total. The van der Waals surface area contributed by atoms with Crippen molar-refractivity contribution in [3.63, 3.8) is 0 Å². The number of hydrogen-bond acceptors (Lipinski definition) is 10. The van der Waals surface area contributed by atoms with Crippen molar-refractivity contribution in [3.8, 4) is 0 Å². The number of hydrogen-bond donors (Lipinski definition) is 6. The van der Waals surface area contributed by atoms with Gasteiger partial charge in [-0.3, -0.25) is 9.35 Å². The molecule has 1 aliphatic rings. The normalized spacial score (nSPS) is 18.9. The number of allylic oxidation sites excluding steroid dienone is 1. The molecule has 1 aliphatic heterocycles. The van der Waals surface area contributed by atoms with Crippen molar-refractivity contribution in [1.82, 2.24) is 5.32 Å². The van der Waals surface area contributed by atoms with Crippen LogP contribution in [-0.4, -0.2) is 95.4 Å². The van der Waals surface area contributed by atoms with E-state index < -0.39 is 59.9 Å². The largest absolute Gasteiger partial charge is 0.397 e. The van der Waals surface area contributed by atoms with Gasteiger partial charge in [0.25, 0.3) is 0 Å². The molecule has 458 valence electrons. The van der Waals surface area contributed by atoms with Crippen molar-refractivity contribution in [1.29, 1.82) is 0 Å². The average molecular weight is 1120 g/mol. The van der Waals surface area contributed by atoms with Crippen LogP contribution in [0.3, 0.4) is 0 Å². The van der Waals surface area contributed by atoms with E-state index in [2.05, 4.69) is 23.3 Å². The number of carbonyl (C=O) groups excluding carboxylic acids is 1. The molecule has 0 bridgehead atoms. The molecule has 1 rings (SSSR count). The predicted octanol–water partition coefficient (Wildman–Crippen LogP) is 16.6. The van der Waals surface area contributed by atoms with E-state index in [-0.39, 0.29) is 18.9 Å². The maximum absolute atomic E-state index is 13.2. The quantitative estimate of drug-likeness (QED) is 0.0193. The highest BCUT2D eigenvalue weighted by atomic mass is 32.3. The van der Waals surface area contributed by atoms with E-state index in [0.717, 1.165) is 38.5 Å². The third-order valence-electron chi connectivity index (χ3n) is 16.1. The average Bonchev–Trinajstić information content (AvgIpc) is 3.41. The Morgan fingerprint density at radius 1 is 0.506 bits per heavy atom. The molecule has 0 aliphatic carbocycles. The molecular weight excluding hydrogens is 991 g/mol. The number of nitrogens with one attached hydrogen (secondary N) is 1. The van der Waals surface area contributed by atoms with Crippen molar-refractivity contribution in [3.05, 3.63) is 12.2 Å². The van der Waals surface area contributed by atoms with Crippen LogP contribution >= 0.6 is 0 Å². The van der Waals surface area contributed by atoms with E-state index in [1.807, 2.05) is 6.08 Å². The third-order valence-corrected chi connectivity index (χ3v) is 16.5. The molecule has 0 aromatic carbocycles. The second-order valence-corrected chi connectivity index (χ2v) is 24.5. The van der Waals surface area contributed by atoms with Gasteiger partial charge in [-0.25, -0.2) is 4.18 Å². The summed E-state index contributed by atoms with van der Waals surface area (Å²) < 4.78 is 48.0. The summed E-state index contributed by atoms with van der Waals surface area (Å²) in [5, 5.41) is 45.1. The number of aliphatic hydroxyl groups excluding tert-OH is 4. The Morgan fingerprint density at radius 2 is 0.818 bits per heavy atom. The lowest BCUT2D eigenvalue weighted by Gasteiger charge is -2.41. The number of rotatable bonds is 59. The molecule has 1 fully saturated rings. The lowest BCUT2D eigenvalue weighted by Crippen LogP contribution is -2.61. The topological polar surface area (TPSA) is 192 Å². The van der Waals surface area contributed by atoms with Gasteiger partial charge < -0.3 is 35.2 Å². The van der Waals surface area contributed by atoms with E-state index in [1.165, 1.54) is 270 Å². The lowest BCUT2D eigenvalue weighted by molar-refractivity contribution is -0.298. The van der Waals surface area contributed by atoms with Crippen LogP contribution < -0.4 is 5.32 Å². The number of carbonyl (C=O) groups is 1.